The van der Waals surface area contributed by atoms with Crippen molar-refractivity contribution in [3.8, 4) is 0 Å². The van der Waals surface area contributed by atoms with Crippen molar-refractivity contribution in [3.05, 3.63) is 47.0 Å². The first-order chi connectivity index (χ1) is 16.9. The molecule has 2 nitrogen and oxygen atoms in total. The SMILES string of the molecule is CCOC1=CCC(C2CCC(COC3=CCC(C4CCC(CC)CC4)C(F)=C3F)CC2)C(F)=C1F. The first kappa shape index (κ1) is 26.3. The van der Waals surface area contributed by atoms with Gasteiger partial charge in [-0.1, -0.05) is 26.2 Å². The highest BCUT2D eigenvalue weighted by atomic mass is 19.2. The van der Waals surface area contributed by atoms with E-state index >= 15 is 0 Å². The van der Waals surface area contributed by atoms with E-state index in [9.17, 15) is 17.6 Å². The first-order valence-electron chi connectivity index (χ1n) is 13.7. The van der Waals surface area contributed by atoms with Gasteiger partial charge in [-0.05, 0) is 94.1 Å². The Morgan fingerprint density at radius 2 is 1.11 bits per heavy atom. The molecule has 2 saturated carbocycles. The highest BCUT2D eigenvalue weighted by Crippen LogP contribution is 2.45. The number of ether oxygens (including phenoxy) is 2. The van der Waals surface area contributed by atoms with Crippen molar-refractivity contribution in [1.82, 2.24) is 0 Å². The monoisotopic (exact) mass is 496 g/mol. The van der Waals surface area contributed by atoms with Crippen LogP contribution in [0.25, 0.3) is 0 Å². The van der Waals surface area contributed by atoms with Crippen molar-refractivity contribution in [2.24, 2.45) is 35.5 Å². The molecule has 0 heterocycles. The maximum Gasteiger partial charge on any atom is 0.196 e. The highest BCUT2D eigenvalue weighted by molar-refractivity contribution is 5.30. The van der Waals surface area contributed by atoms with Gasteiger partial charge in [0.25, 0.3) is 0 Å². The molecule has 4 aliphatic carbocycles. The molecule has 2 atom stereocenters. The summed E-state index contributed by atoms with van der Waals surface area (Å²) in [5.41, 5.74) is 0. The van der Waals surface area contributed by atoms with Crippen LogP contribution in [0.15, 0.2) is 47.0 Å². The summed E-state index contributed by atoms with van der Waals surface area (Å²) in [6.45, 7) is 4.58. The van der Waals surface area contributed by atoms with Gasteiger partial charge in [-0.2, -0.15) is 0 Å². The summed E-state index contributed by atoms with van der Waals surface area (Å²) in [6.07, 6.45) is 12.8. The molecule has 4 rings (SSSR count). The summed E-state index contributed by atoms with van der Waals surface area (Å²) in [4.78, 5) is 0. The van der Waals surface area contributed by atoms with Gasteiger partial charge < -0.3 is 9.47 Å². The predicted molar refractivity (Wildman–Crippen MR) is 130 cm³/mol. The molecule has 0 N–H and O–H groups in total. The molecule has 0 saturated heterocycles. The Labute approximate surface area is 207 Å². The van der Waals surface area contributed by atoms with E-state index in [4.69, 9.17) is 9.47 Å². The fourth-order valence-electron chi connectivity index (χ4n) is 6.58. The molecule has 6 heteroatoms. The van der Waals surface area contributed by atoms with Gasteiger partial charge in [0.15, 0.2) is 23.2 Å². The van der Waals surface area contributed by atoms with Gasteiger partial charge in [0, 0.05) is 11.8 Å². The van der Waals surface area contributed by atoms with E-state index in [0.29, 0.717) is 26.1 Å². The lowest BCUT2D eigenvalue weighted by Gasteiger charge is -2.35. The molecule has 196 valence electrons. The minimum Gasteiger partial charge on any atom is -0.491 e. The van der Waals surface area contributed by atoms with Crippen LogP contribution in [0.1, 0.15) is 84.5 Å². The van der Waals surface area contributed by atoms with E-state index in [1.807, 2.05) is 0 Å². The van der Waals surface area contributed by atoms with Crippen molar-refractivity contribution in [2.45, 2.75) is 84.5 Å². The van der Waals surface area contributed by atoms with Crippen molar-refractivity contribution >= 4 is 0 Å². The van der Waals surface area contributed by atoms with Gasteiger partial charge in [-0.15, -0.1) is 0 Å². The van der Waals surface area contributed by atoms with Crippen LogP contribution in [0.3, 0.4) is 0 Å². The zero-order valence-corrected chi connectivity index (χ0v) is 21.1. The number of rotatable bonds is 8. The second-order valence-electron chi connectivity index (χ2n) is 10.9. The standard InChI is InChI=1S/C29H40F4O2/c1-3-18-5-9-20(10-6-18)23-14-16-25(29(33)27(23)31)35-17-19-7-11-21(12-8-19)22-13-15-24(34-4-2)28(32)26(22)30/h15-16,18-23H,3-14,17H2,1-2H3. The van der Waals surface area contributed by atoms with Crippen LogP contribution in [0.4, 0.5) is 17.6 Å². The molecule has 0 radical (unpaired) electrons. The second kappa shape index (κ2) is 12.0. The lowest BCUT2D eigenvalue weighted by Crippen LogP contribution is -2.26. The first-order valence-corrected chi connectivity index (χ1v) is 13.7. The minimum absolute atomic E-state index is 0.0160. The van der Waals surface area contributed by atoms with E-state index in [1.165, 1.54) is 6.42 Å². The molecule has 0 aliphatic heterocycles. The minimum atomic E-state index is -0.862. The summed E-state index contributed by atoms with van der Waals surface area (Å²) in [5.74, 6) is -2.53. The van der Waals surface area contributed by atoms with E-state index in [0.717, 1.165) is 57.3 Å². The summed E-state index contributed by atoms with van der Waals surface area (Å²) in [6, 6.07) is 0. The Kier molecular flexibility index (Phi) is 9.04. The number of hydrogen-bond donors (Lipinski definition) is 0. The maximum atomic E-state index is 14.9. The summed E-state index contributed by atoms with van der Waals surface area (Å²) >= 11 is 0. The Morgan fingerprint density at radius 1 is 0.657 bits per heavy atom. The number of hydrogen-bond acceptors (Lipinski definition) is 2. The predicted octanol–water partition coefficient (Wildman–Crippen LogP) is 9.17. The fraction of sp³-hybridized carbons (Fsp3) is 0.724. The largest absolute Gasteiger partial charge is 0.491 e. The van der Waals surface area contributed by atoms with Crippen molar-refractivity contribution in [2.75, 3.05) is 13.2 Å². The van der Waals surface area contributed by atoms with Crippen molar-refractivity contribution < 1.29 is 27.0 Å². The third-order valence-corrected chi connectivity index (χ3v) is 8.89. The molecule has 2 unspecified atom stereocenters. The normalized spacial score (nSPS) is 34.5. The second-order valence-corrected chi connectivity index (χ2v) is 10.9. The molecule has 0 amide bonds. The Bertz CT molecular complexity index is 858. The summed E-state index contributed by atoms with van der Waals surface area (Å²) in [5, 5.41) is 0. The average Bonchev–Trinajstić information content (AvgIpc) is 2.88. The van der Waals surface area contributed by atoms with Crippen LogP contribution in [-0.2, 0) is 9.47 Å². The molecule has 35 heavy (non-hydrogen) atoms. The van der Waals surface area contributed by atoms with Crippen molar-refractivity contribution in [3.63, 3.8) is 0 Å². The van der Waals surface area contributed by atoms with Crippen LogP contribution in [0.2, 0.25) is 0 Å². The van der Waals surface area contributed by atoms with Gasteiger partial charge in [0.05, 0.1) is 13.2 Å². The van der Waals surface area contributed by atoms with E-state index in [-0.39, 0.29) is 35.2 Å². The number of halogens is 4. The molecule has 0 spiro atoms. The third kappa shape index (κ3) is 5.99. The van der Waals surface area contributed by atoms with Gasteiger partial charge in [0.2, 0.25) is 0 Å². The zero-order valence-electron chi connectivity index (χ0n) is 21.1. The molecular weight excluding hydrogens is 456 g/mol. The van der Waals surface area contributed by atoms with Crippen LogP contribution in [0.5, 0.6) is 0 Å². The quantitative estimate of drug-likeness (QED) is 0.312. The summed E-state index contributed by atoms with van der Waals surface area (Å²) < 4.78 is 69.6. The third-order valence-electron chi connectivity index (χ3n) is 8.89. The summed E-state index contributed by atoms with van der Waals surface area (Å²) in [7, 11) is 0. The molecule has 4 aliphatic rings. The maximum absolute atomic E-state index is 14.9. The van der Waals surface area contributed by atoms with Gasteiger partial charge in [-0.3, -0.25) is 0 Å². The van der Waals surface area contributed by atoms with Crippen LogP contribution in [-0.4, -0.2) is 13.2 Å². The van der Waals surface area contributed by atoms with Gasteiger partial charge in [-0.25, -0.2) is 17.6 Å². The Balaban J connectivity index is 1.24. The lowest BCUT2D eigenvalue weighted by molar-refractivity contribution is 0.107. The van der Waals surface area contributed by atoms with E-state index in [2.05, 4.69) is 6.92 Å². The lowest BCUT2D eigenvalue weighted by atomic mass is 9.72. The van der Waals surface area contributed by atoms with Gasteiger partial charge in [0.1, 0.15) is 11.7 Å². The van der Waals surface area contributed by atoms with Crippen LogP contribution >= 0.6 is 0 Å². The molecule has 0 aromatic heterocycles. The van der Waals surface area contributed by atoms with E-state index in [1.54, 1.807) is 19.1 Å². The molecule has 0 bridgehead atoms. The van der Waals surface area contributed by atoms with Crippen molar-refractivity contribution in [1.29, 1.82) is 0 Å². The molecule has 0 aromatic rings. The zero-order chi connectivity index (χ0) is 24.9. The van der Waals surface area contributed by atoms with Gasteiger partial charge >= 0.3 is 0 Å². The molecule has 0 aromatic carbocycles. The Morgan fingerprint density at radius 3 is 1.57 bits per heavy atom. The molecule has 2 fully saturated rings. The van der Waals surface area contributed by atoms with Crippen LogP contribution < -0.4 is 0 Å². The Hall–Kier alpha value is -1.72. The van der Waals surface area contributed by atoms with E-state index < -0.39 is 29.2 Å². The topological polar surface area (TPSA) is 18.5 Å². The fourth-order valence-corrected chi connectivity index (χ4v) is 6.58. The molecular formula is C29H40F4O2. The van der Waals surface area contributed by atoms with Crippen LogP contribution in [0, 0.1) is 35.5 Å². The number of allylic oxidation sites excluding steroid dienone is 6. The average molecular weight is 497 g/mol. The highest BCUT2D eigenvalue weighted by Gasteiger charge is 2.37. The smallest absolute Gasteiger partial charge is 0.196 e.